The second-order valence-electron chi connectivity index (χ2n) is 2.44. The van der Waals surface area contributed by atoms with E-state index in [0.29, 0.717) is 0 Å². The summed E-state index contributed by atoms with van der Waals surface area (Å²) in [5, 5.41) is 9.17. The Labute approximate surface area is 59.5 Å². The molecule has 1 heterocycles. The van der Waals surface area contributed by atoms with Crippen molar-refractivity contribution in [2.45, 2.75) is 20.1 Å². The highest BCUT2D eigenvalue weighted by Crippen LogP contribution is 2.10. The maximum absolute atomic E-state index is 9.17. The molecule has 0 aromatic carbocycles. The van der Waals surface area contributed by atoms with Crippen LogP contribution in [0.5, 0.6) is 0 Å². The van der Waals surface area contributed by atoms with Crippen molar-refractivity contribution in [3.05, 3.63) is 0 Å². The van der Waals surface area contributed by atoms with E-state index in [-0.39, 0.29) is 11.9 Å². The molecule has 0 fully saturated rings. The van der Waals surface area contributed by atoms with Crippen LogP contribution in [0, 0.1) is 5.92 Å². The average molecular weight is 141 g/mol. The highest BCUT2D eigenvalue weighted by Gasteiger charge is 2.20. The lowest BCUT2D eigenvalue weighted by Crippen LogP contribution is -2.30. The first kappa shape index (κ1) is 7.21. The van der Waals surface area contributed by atoms with Crippen LogP contribution in [-0.4, -0.2) is 23.0 Å². The number of hydrogen-bond donors (Lipinski definition) is 2. The van der Waals surface area contributed by atoms with Crippen molar-refractivity contribution in [3.63, 3.8) is 0 Å². The Hall–Kier alpha value is -0.900. The number of nitrogens with two attached hydrogens (primary N) is 1. The standard InChI is InChI=1S/C6H11N3O/c1-3-4(2)8-6(7)9-5(3)10/h3,5,10H,1-2H3,(H2,7,9)/t3-,5+/m0/s1. The van der Waals surface area contributed by atoms with Crippen LogP contribution in [0.1, 0.15) is 13.8 Å². The summed E-state index contributed by atoms with van der Waals surface area (Å²) in [6.45, 7) is 3.69. The summed E-state index contributed by atoms with van der Waals surface area (Å²) in [4.78, 5) is 7.58. The van der Waals surface area contributed by atoms with E-state index in [0.717, 1.165) is 5.71 Å². The summed E-state index contributed by atoms with van der Waals surface area (Å²) < 4.78 is 0. The molecule has 1 rings (SSSR count). The van der Waals surface area contributed by atoms with Gasteiger partial charge in [-0.15, -0.1) is 0 Å². The number of nitrogens with zero attached hydrogens (tertiary/aromatic N) is 2. The first-order chi connectivity index (χ1) is 4.61. The molecule has 0 aromatic rings. The highest BCUT2D eigenvalue weighted by molar-refractivity contribution is 5.98. The lowest BCUT2D eigenvalue weighted by Gasteiger charge is -2.18. The molecule has 3 N–H and O–H groups in total. The summed E-state index contributed by atoms with van der Waals surface area (Å²) in [6.07, 6.45) is -0.711. The van der Waals surface area contributed by atoms with Gasteiger partial charge in [0.15, 0.2) is 6.23 Å². The zero-order valence-electron chi connectivity index (χ0n) is 6.07. The fourth-order valence-electron chi connectivity index (χ4n) is 0.774. The Kier molecular flexibility index (Phi) is 1.72. The largest absolute Gasteiger partial charge is 0.371 e. The molecule has 56 valence electrons. The van der Waals surface area contributed by atoms with E-state index in [1.54, 1.807) is 0 Å². The number of hydrogen-bond acceptors (Lipinski definition) is 4. The van der Waals surface area contributed by atoms with Crippen molar-refractivity contribution in [2.75, 3.05) is 0 Å². The number of aliphatic hydroxyl groups is 1. The van der Waals surface area contributed by atoms with Gasteiger partial charge in [0, 0.05) is 11.6 Å². The molecule has 0 bridgehead atoms. The van der Waals surface area contributed by atoms with Gasteiger partial charge in [0.05, 0.1) is 0 Å². The molecule has 4 heteroatoms. The van der Waals surface area contributed by atoms with E-state index in [9.17, 15) is 5.11 Å². The fraction of sp³-hybridized carbons (Fsp3) is 0.667. The van der Waals surface area contributed by atoms with Gasteiger partial charge in [0.2, 0.25) is 5.96 Å². The minimum atomic E-state index is -0.711. The molecule has 10 heavy (non-hydrogen) atoms. The Morgan fingerprint density at radius 3 is 2.70 bits per heavy atom. The van der Waals surface area contributed by atoms with E-state index >= 15 is 0 Å². The summed E-state index contributed by atoms with van der Waals surface area (Å²) in [6, 6.07) is 0. The van der Waals surface area contributed by atoms with E-state index < -0.39 is 6.23 Å². The van der Waals surface area contributed by atoms with Crippen molar-refractivity contribution in [3.8, 4) is 0 Å². The van der Waals surface area contributed by atoms with Gasteiger partial charge in [-0.05, 0) is 6.92 Å². The third-order valence-corrected chi connectivity index (χ3v) is 1.66. The van der Waals surface area contributed by atoms with Gasteiger partial charge in [-0.1, -0.05) is 6.92 Å². The van der Waals surface area contributed by atoms with Crippen molar-refractivity contribution in [2.24, 2.45) is 21.6 Å². The van der Waals surface area contributed by atoms with Crippen LogP contribution in [0.4, 0.5) is 0 Å². The smallest absolute Gasteiger partial charge is 0.217 e. The Morgan fingerprint density at radius 1 is 1.60 bits per heavy atom. The van der Waals surface area contributed by atoms with E-state index in [1.807, 2.05) is 13.8 Å². The van der Waals surface area contributed by atoms with E-state index in [1.165, 1.54) is 0 Å². The van der Waals surface area contributed by atoms with Crippen molar-refractivity contribution in [1.82, 2.24) is 0 Å². The molecule has 1 aliphatic rings. The van der Waals surface area contributed by atoms with E-state index in [2.05, 4.69) is 9.98 Å². The molecule has 1 aliphatic heterocycles. The molecular formula is C6H11N3O. The second kappa shape index (κ2) is 2.38. The van der Waals surface area contributed by atoms with Gasteiger partial charge in [0.25, 0.3) is 0 Å². The zero-order valence-corrected chi connectivity index (χ0v) is 6.07. The number of aliphatic imine (C=N–C) groups is 2. The van der Waals surface area contributed by atoms with Crippen LogP contribution in [0.25, 0.3) is 0 Å². The van der Waals surface area contributed by atoms with Gasteiger partial charge >= 0.3 is 0 Å². The fourth-order valence-corrected chi connectivity index (χ4v) is 0.774. The van der Waals surface area contributed by atoms with Crippen molar-refractivity contribution in [1.29, 1.82) is 0 Å². The Bertz CT molecular complexity index is 197. The van der Waals surface area contributed by atoms with Crippen molar-refractivity contribution >= 4 is 11.7 Å². The number of rotatable bonds is 0. The minimum Gasteiger partial charge on any atom is -0.371 e. The quantitative estimate of drug-likeness (QED) is 0.487. The maximum atomic E-state index is 9.17. The van der Waals surface area contributed by atoms with Crippen LogP contribution >= 0.6 is 0 Å². The Balaban J connectivity index is 2.85. The predicted octanol–water partition coefficient (Wildman–Crippen LogP) is -0.270. The van der Waals surface area contributed by atoms with Gasteiger partial charge < -0.3 is 10.8 Å². The molecule has 0 saturated heterocycles. The molecule has 2 atom stereocenters. The minimum absolute atomic E-state index is 0.00713. The molecule has 0 spiro atoms. The molecule has 0 unspecified atom stereocenters. The van der Waals surface area contributed by atoms with Gasteiger partial charge in [0.1, 0.15) is 0 Å². The summed E-state index contributed by atoms with van der Waals surface area (Å²) >= 11 is 0. The molecule has 0 aliphatic carbocycles. The van der Waals surface area contributed by atoms with Gasteiger partial charge in [-0.2, -0.15) is 0 Å². The lowest BCUT2D eigenvalue weighted by atomic mass is 10.1. The average Bonchev–Trinajstić information content (AvgIpc) is 1.82. The third kappa shape index (κ3) is 1.16. The third-order valence-electron chi connectivity index (χ3n) is 1.66. The molecule has 0 saturated carbocycles. The normalized spacial score (nSPS) is 33.1. The highest BCUT2D eigenvalue weighted by atomic mass is 16.3. The predicted molar refractivity (Wildman–Crippen MR) is 39.9 cm³/mol. The van der Waals surface area contributed by atoms with Gasteiger partial charge in [-0.3, -0.25) is 0 Å². The topological polar surface area (TPSA) is 71.0 Å². The van der Waals surface area contributed by atoms with Crippen LogP contribution in [-0.2, 0) is 0 Å². The van der Waals surface area contributed by atoms with Crippen LogP contribution in [0.2, 0.25) is 0 Å². The Morgan fingerprint density at radius 2 is 2.20 bits per heavy atom. The van der Waals surface area contributed by atoms with Crippen molar-refractivity contribution < 1.29 is 5.11 Å². The van der Waals surface area contributed by atoms with E-state index in [4.69, 9.17) is 5.73 Å². The zero-order chi connectivity index (χ0) is 7.72. The monoisotopic (exact) mass is 141 g/mol. The second-order valence-corrected chi connectivity index (χ2v) is 2.44. The summed E-state index contributed by atoms with van der Waals surface area (Å²) in [5.74, 6) is 0.162. The lowest BCUT2D eigenvalue weighted by molar-refractivity contribution is 0.153. The molecule has 4 nitrogen and oxygen atoms in total. The van der Waals surface area contributed by atoms with Crippen LogP contribution in [0.3, 0.4) is 0 Å². The first-order valence-electron chi connectivity index (χ1n) is 3.18. The summed E-state index contributed by atoms with van der Waals surface area (Å²) in [5.41, 5.74) is 6.11. The molecule has 0 radical (unpaired) electrons. The first-order valence-corrected chi connectivity index (χ1v) is 3.18. The van der Waals surface area contributed by atoms with Crippen LogP contribution < -0.4 is 5.73 Å². The maximum Gasteiger partial charge on any atom is 0.217 e. The van der Waals surface area contributed by atoms with Crippen LogP contribution in [0.15, 0.2) is 9.98 Å². The SMILES string of the molecule is CC1=NC(N)=N[C@H](O)[C@H]1C. The molecule has 0 amide bonds. The van der Waals surface area contributed by atoms with Gasteiger partial charge in [-0.25, -0.2) is 9.98 Å². The summed E-state index contributed by atoms with van der Waals surface area (Å²) in [7, 11) is 0. The number of aliphatic hydroxyl groups excluding tert-OH is 1. The number of guanidine groups is 1. The molecular weight excluding hydrogens is 130 g/mol. The molecule has 0 aromatic heterocycles.